The van der Waals surface area contributed by atoms with Gasteiger partial charge in [0.25, 0.3) is 0 Å². The molecule has 2 nitrogen and oxygen atoms in total. The number of hydrogen-bond donors (Lipinski definition) is 0. The summed E-state index contributed by atoms with van der Waals surface area (Å²) in [4.78, 5) is 0. The first-order chi connectivity index (χ1) is 7.95. The molecule has 0 saturated carbocycles. The van der Waals surface area contributed by atoms with Crippen molar-refractivity contribution in [1.82, 2.24) is 9.78 Å². The fraction of sp³-hybridized carbons (Fsp3) is 0.0714. The number of rotatable bonds is 2. The summed E-state index contributed by atoms with van der Waals surface area (Å²) in [6.07, 6.45) is 10.4. The van der Waals surface area contributed by atoms with Crippen LogP contribution in [0.15, 0.2) is 66.9 Å². The molecule has 0 bridgehead atoms. The van der Waals surface area contributed by atoms with E-state index in [-0.39, 0.29) is 0 Å². The van der Waals surface area contributed by atoms with Crippen LogP contribution in [-0.4, -0.2) is 9.78 Å². The average Bonchev–Trinajstić information content (AvgIpc) is 3.01. The number of nitrogens with zero attached hydrogens (tertiary/aromatic N) is 2. The van der Waals surface area contributed by atoms with Crippen molar-refractivity contribution in [2.45, 2.75) is 5.92 Å². The average molecular weight is 208 g/mol. The van der Waals surface area contributed by atoms with Crippen molar-refractivity contribution in [2.24, 2.45) is 0 Å². The van der Waals surface area contributed by atoms with Crippen molar-refractivity contribution in [1.29, 1.82) is 0 Å². The van der Waals surface area contributed by atoms with Crippen LogP contribution in [0.1, 0.15) is 11.6 Å². The molecule has 16 heavy (non-hydrogen) atoms. The van der Waals surface area contributed by atoms with Crippen LogP contribution in [0.3, 0.4) is 0 Å². The fourth-order valence-corrected chi connectivity index (χ4v) is 1.98. The molecule has 0 aliphatic heterocycles. The van der Waals surface area contributed by atoms with Crippen molar-refractivity contribution >= 4 is 0 Å². The Morgan fingerprint density at radius 2 is 1.69 bits per heavy atom. The van der Waals surface area contributed by atoms with Crippen LogP contribution in [0.2, 0.25) is 0 Å². The molecule has 0 spiro atoms. The zero-order valence-corrected chi connectivity index (χ0v) is 8.82. The zero-order valence-electron chi connectivity index (χ0n) is 8.82. The first-order valence-electron chi connectivity index (χ1n) is 5.39. The molecule has 1 aromatic heterocycles. The van der Waals surface area contributed by atoms with Crippen molar-refractivity contribution in [3.63, 3.8) is 0 Å². The van der Waals surface area contributed by atoms with Gasteiger partial charge < -0.3 is 0 Å². The number of para-hydroxylation sites is 1. The van der Waals surface area contributed by atoms with Gasteiger partial charge in [-0.15, -0.1) is 0 Å². The summed E-state index contributed by atoms with van der Waals surface area (Å²) in [5, 5.41) is 4.38. The molecule has 1 aliphatic carbocycles. The minimum absolute atomic E-state index is 0.350. The van der Waals surface area contributed by atoms with E-state index in [0.717, 1.165) is 5.69 Å². The molecule has 3 rings (SSSR count). The van der Waals surface area contributed by atoms with Gasteiger partial charge in [-0.05, 0) is 18.2 Å². The van der Waals surface area contributed by atoms with Gasteiger partial charge in [0.1, 0.15) is 0 Å². The molecular weight excluding hydrogens is 196 g/mol. The summed E-state index contributed by atoms with van der Waals surface area (Å²) >= 11 is 0. The summed E-state index contributed by atoms with van der Waals surface area (Å²) in [7, 11) is 0. The van der Waals surface area contributed by atoms with E-state index in [1.165, 1.54) is 5.69 Å². The van der Waals surface area contributed by atoms with E-state index in [2.05, 4.69) is 47.6 Å². The van der Waals surface area contributed by atoms with Crippen LogP contribution in [0.5, 0.6) is 0 Å². The lowest BCUT2D eigenvalue weighted by atomic mass is 10.1. The largest absolute Gasteiger partial charge is 0.237 e. The Hall–Kier alpha value is -2.09. The van der Waals surface area contributed by atoms with E-state index >= 15 is 0 Å². The molecule has 0 saturated heterocycles. The van der Waals surface area contributed by atoms with E-state index in [1.807, 2.05) is 29.1 Å². The minimum Gasteiger partial charge on any atom is -0.237 e. The van der Waals surface area contributed by atoms with E-state index in [9.17, 15) is 0 Å². The van der Waals surface area contributed by atoms with E-state index in [4.69, 9.17) is 0 Å². The van der Waals surface area contributed by atoms with Gasteiger partial charge in [-0.1, -0.05) is 42.5 Å². The quantitative estimate of drug-likeness (QED) is 0.741. The van der Waals surface area contributed by atoms with E-state index in [1.54, 1.807) is 0 Å². The first kappa shape index (κ1) is 9.16. The maximum absolute atomic E-state index is 4.38. The normalized spacial score (nSPS) is 14.8. The highest BCUT2D eigenvalue weighted by Crippen LogP contribution is 2.24. The van der Waals surface area contributed by atoms with Crippen molar-refractivity contribution in [3.8, 4) is 5.69 Å². The van der Waals surface area contributed by atoms with E-state index in [0.29, 0.717) is 5.92 Å². The fourth-order valence-electron chi connectivity index (χ4n) is 1.98. The number of benzene rings is 1. The second kappa shape index (κ2) is 3.81. The van der Waals surface area contributed by atoms with Crippen LogP contribution in [0.4, 0.5) is 0 Å². The minimum atomic E-state index is 0.350. The van der Waals surface area contributed by atoms with Crippen LogP contribution >= 0.6 is 0 Å². The molecule has 0 atom stereocenters. The zero-order chi connectivity index (χ0) is 10.8. The van der Waals surface area contributed by atoms with Crippen molar-refractivity contribution in [2.75, 3.05) is 0 Å². The third-order valence-electron chi connectivity index (χ3n) is 2.76. The molecule has 78 valence electrons. The molecule has 0 radical (unpaired) electrons. The lowest BCUT2D eigenvalue weighted by Crippen LogP contribution is -2.03. The number of allylic oxidation sites excluding steroid dienone is 4. The second-order valence-electron chi connectivity index (χ2n) is 3.80. The summed E-state index contributed by atoms with van der Waals surface area (Å²) in [6, 6.07) is 12.3. The molecule has 0 unspecified atom stereocenters. The van der Waals surface area contributed by atoms with Gasteiger partial charge in [0.05, 0.1) is 11.4 Å². The van der Waals surface area contributed by atoms with Crippen LogP contribution < -0.4 is 0 Å². The molecule has 0 N–H and O–H groups in total. The number of hydrogen-bond acceptors (Lipinski definition) is 1. The van der Waals surface area contributed by atoms with Gasteiger partial charge >= 0.3 is 0 Å². The van der Waals surface area contributed by atoms with Gasteiger partial charge in [-0.2, -0.15) is 5.10 Å². The monoisotopic (exact) mass is 208 g/mol. The third kappa shape index (κ3) is 1.48. The van der Waals surface area contributed by atoms with Gasteiger partial charge in [0.2, 0.25) is 0 Å². The standard InChI is InChI=1S/C14H12N2/c1-2-8-13(9-3-1)16-14(10-11-15-16)12-6-4-5-7-12/h1-12H. The lowest BCUT2D eigenvalue weighted by molar-refractivity contribution is 0.804. The SMILES string of the molecule is C1=CC(c2ccnn2-c2ccccc2)C=C1. The predicted octanol–water partition coefficient (Wildman–Crippen LogP) is 3.08. The molecule has 1 aromatic carbocycles. The van der Waals surface area contributed by atoms with Gasteiger partial charge in [0.15, 0.2) is 0 Å². The highest BCUT2D eigenvalue weighted by Gasteiger charge is 2.13. The highest BCUT2D eigenvalue weighted by atomic mass is 15.3. The highest BCUT2D eigenvalue weighted by molar-refractivity contribution is 5.37. The van der Waals surface area contributed by atoms with Crippen LogP contribution in [0.25, 0.3) is 5.69 Å². The Bertz CT molecular complexity index is 523. The van der Waals surface area contributed by atoms with Crippen molar-refractivity contribution in [3.05, 3.63) is 72.6 Å². The van der Waals surface area contributed by atoms with Gasteiger partial charge in [0, 0.05) is 12.1 Å². The summed E-state index contributed by atoms with van der Waals surface area (Å²) in [6.45, 7) is 0. The second-order valence-corrected chi connectivity index (χ2v) is 3.80. The Morgan fingerprint density at radius 1 is 0.938 bits per heavy atom. The molecular formula is C14H12N2. The third-order valence-corrected chi connectivity index (χ3v) is 2.76. The Labute approximate surface area is 94.5 Å². The molecule has 1 heterocycles. The maximum atomic E-state index is 4.38. The van der Waals surface area contributed by atoms with Gasteiger partial charge in [-0.25, -0.2) is 4.68 Å². The summed E-state index contributed by atoms with van der Waals surface area (Å²) < 4.78 is 1.99. The predicted molar refractivity (Wildman–Crippen MR) is 64.6 cm³/mol. The van der Waals surface area contributed by atoms with Crippen LogP contribution in [-0.2, 0) is 0 Å². The lowest BCUT2D eigenvalue weighted by Gasteiger charge is -2.10. The maximum Gasteiger partial charge on any atom is 0.0649 e. The summed E-state index contributed by atoms with van der Waals surface area (Å²) in [5.41, 5.74) is 2.31. The van der Waals surface area contributed by atoms with Gasteiger partial charge in [-0.3, -0.25) is 0 Å². The van der Waals surface area contributed by atoms with Crippen molar-refractivity contribution < 1.29 is 0 Å². The Balaban J connectivity index is 2.06. The number of aromatic nitrogens is 2. The summed E-state index contributed by atoms with van der Waals surface area (Å²) in [5.74, 6) is 0.350. The topological polar surface area (TPSA) is 17.8 Å². The smallest absolute Gasteiger partial charge is 0.0649 e. The first-order valence-corrected chi connectivity index (χ1v) is 5.39. The molecule has 1 aliphatic rings. The van der Waals surface area contributed by atoms with E-state index < -0.39 is 0 Å². The van der Waals surface area contributed by atoms with Crippen LogP contribution in [0, 0.1) is 0 Å². The molecule has 0 fully saturated rings. The molecule has 2 heteroatoms. The Kier molecular flexibility index (Phi) is 2.18. The molecule has 0 amide bonds. The Morgan fingerprint density at radius 3 is 2.44 bits per heavy atom. The molecule has 2 aromatic rings.